The molecule has 0 aliphatic heterocycles. The molecule has 2 aromatic heterocycles. The summed E-state index contributed by atoms with van der Waals surface area (Å²) in [7, 11) is -2.51. The number of aromatic nitrogens is 4. The monoisotopic (exact) mass is 622 g/mol. The lowest BCUT2D eigenvalue weighted by molar-refractivity contribution is 0.0198. The van der Waals surface area contributed by atoms with Gasteiger partial charge in [0.2, 0.25) is 0 Å². The lowest BCUT2D eigenvalue weighted by Crippen LogP contribution is -2.22. The van der Waals surface area contributed by atoms with Crippen LogP contribution in [-0.4, -0.2) is 55.9 Å². The summed E-state index contributed by atoms with van der Waals surface area (Å²) in [4.78, 5) is 8.08. The van der Waals surface area contributed by atoms with Crippen molar-refractivity contribution in [2.75, 3.05) is 20.0 Å². The van der Waals surface area contributed by atoms with E-state index in [-0.39, 0.29) is 24.8 Å². The number of hydrogen-bond donors (Lipinski definition) is 1. The average molecular weight is 623 g/mol. The molecule has 11 heteroatoms. The summed E-state index contributed by atoms with van der Waals surface area (Å²) < 4.78 is 49.8. The zero-order valence-electron chi connectivity index (χ0n) is 25.8. The molecule has 3 aromatic carbocycles. The number of nitrogens with zero attached hydrogens (tertiary/aromatic N) is 3. The van der Waals surface area contributed by atoms with Gasteiger partial charge in [0.15, 0.2) is 24.2 Å². The molecule has 5 rings (SSSR count). The number of hydrogen-bond acceptors (Lipinski definition) is 5. The van der Waals surface area contributed by atoms with Crippen molar-refractivity contribution >= 4 is 38.1 Å². The number of H-pyrrole nitrogens is 1. The molecule has 0 spiro atoms. The first kappa shape index (κ1) is 31.1. The number of fused-ring (bicyclic) bond motifs is 2. The number of aromatic amines is 1. The van der Waals surface area contributed by atoms with Crippen LogP contribution in [0.5, 0.6) is 5.75 Å². The second-order valence-corrected chi connectivity index (χ2v) is 24.5. The van der Waals surface area contributed by atoms with Crippen molar-refractivity contribution in [1.29, 1.82) is 0 Å². The van der Waals surface area contributed by atoms with Crippen LogP contribution in [0, 0.1) is 11.6 Å². The lowest BCUT2D eigenvalue weighted by atomic mass is 10.0. The number of para-hydroxylation sites is 2. The Kier molecular flexibility index (Phi) is 9.16. The Bertz CT molecular complexity index is 1690. The summed E-state index contributed by atoms with van der Waals surface area (Å²) in [6.45, 7) is 15.0. The number of halogens is 2. The molecule has 43 heavy (non-hydrogen) atoms. The molecule has 0 saturated heterocycles. The van der Waals surface area contributed by atoms with Crippen molar-refractivity contribution in [2.24, 2.45) is 0 Å². The Balaban J connectivity index is 1.48. The first-order chi connectivity index (χ1) is 20.4. The molecule has 0 amide bonds. The molecule has 0 bridgehead atoms. The molecule has 0 radical (unpaired) electrons. The normalized spacial score (nSPS) is 12.5. The van der Waals surface area contributed by atoms with Gasteiger partial charge in [-0.05, 0) is 54.0 Å². The standard InChI is InChI=1S/C32H40F2N4O3Si2/c1-42(2,3)17-15-39-20-38-27-13-11-22(19-23(27)31(37-38)32-35-25-9-7-8-10-26(25)36-32)29-24(33)12-14-28(30(29)34)41-21-40-16-18-43(4,5)6/h7-14,19H,15-18,20-21H2,1-6H3,(H,35,36). The fraction of sp³-hybridized carbons (Fsp3) is 0.375. The van der Waals surface area contributed by atoms with Crippen LogP contribution in [0.1, 0.15) is 0 Å². The van der Waals surface area contributed by atoms with E-state index in [1.807, 2.05) is 30.3 Å². The SMILES string of the molecule is C[Si](C)(C)CCOCOc1ccc(F)c(-c2ccc3c(c2)c(-c2nc4ccccc4[nH]2)nn3COCC[Si](C)(C)C)c1F. The molecule has 5 aromatic rings. The molecule has 0 fully saturated rings. The third-order valence-corrected chi connectivity index (χ3v) is 10.6. The van der Waals surface area contributed by atoms with Crippen LogP contribution >= 0.6 is 0 Å². The van der Waals surface area contributed by atoms with Gasteiger partial charge in [0.1, 0.15) is 18.2 Å². The second-order valence-electron chi connectivity index (χ2n) is 13.2. The molecule has 1 N–H and O–H groups in total. The van der Waals surface area contributed by atoms with E-state index in [0.717, 1.165) is 28.6 Å². The van der Waals surface area contributed by atoms with Crippen LogP contribution in [0.4, 0.5) is 8.78 Å². The van der Waals surface area contributed by atoms with E-state index in [9.17, 15) is 0 Å². The van der Waals surface area contributed by atoms with Gasteiger partial charge in [-0.1, -0.05) is 57.5 Å². The summed E-state index contributed by atoms with van der Waals surface area (Å²) in [5, 5.41) is 5.54. The van der Waals surface area contributed by atoms with Crippen LogP contribution < -0.4 is 4.74 Å². The van der Waals surface area contributed by atoms with Crippen molar-refractivity contribution < 1.29 is 23.0 Å². The highest BCUT2D eigenvalue weighted by Crippen LogP contribution is 2.36. The molecule has 0 aliphatic rings. The van der Waals surface area contributed by atoms with Crippen molar-refractivity contribution in [3.05, 3.63) is 66.2 Å². The molecule has 0 atom stereocenters. The quantitative estimate of drug-likeness (QED) is 0.0809. The predicted octanol–water partition coefficient (Wildman–Crippen LogP) is 8.53. The molecule has 228 valence electrons. The van der Waals surface area contributed by atoms with Gasteiger partial charge in [-0.2, -0.15) is 5.10 Å². The average Bonchev–Trinajstić information content (AvgIpc) is 3.52. The van der Waals surface area contributed by atoms with Crippen LogP contribution in [0.25, 0.3) is 44.6 Å². The summed E-state index contributed by atoms with van der Waals surface area (Å²) in [6.07, 6.45) is 0. The minimum Gasteiger partial charge on any atom is -0.464 e. The van der Waals surface area contributed by atoms with Gasteiger partial charge >= 0.3 is 0 Å². The third-order valence-electron chi connectivity index (χ3n) is 7.21. The van der Waals surface area contributed by atoms with E-state index in [4.69, 9.17) is 24.3 Å². The maximum atomic E-state index is 15.7. The van der Waals surface area contributed by atoms with Gasteiger partial charge in [0, 0.05) is 34.7 Å². The molecule has 0 aliphatic carbocycles. The van der Waals surface area contributed by atoms with E-state index in [1.54, 1.807) is 16.8 Å². The number of nitrogens with one attached hydrogen (secondary N) is 1. The van der Waals surface area contributed by atoms with Gasteiger partial charge in [-0.3, -0.25) is 0 Å². The molecular weight excluding hydrogens is 583 g/mol. The highest BCUT2D eigenvalue weighted by Gasteiger charge is 2.22. The maximum absolute atomic E-state index is 15.7. The molecule has 7 nitrogen and oxygen atoms in total. The summed E-state index contributed by atoms with van der Waals surface area (Å²) in [5.74, 6) is -0.956. The number of imidazole rings is 1. The van der Waals surface area contributed by atoms with Crippen LogP contribution in [0.15, 0.2) is 54.6 Å². The van der Waals surface area contributed by atoms with E-state index in [0.29, 0.717) is 35.7 Å². The largest absolute Gasteiger partial charge is 0.464 e. The van der Waals surface area contributed by atoms with Crippen LogP contribution in [-0.2, 0) is 16.2 Å². The molecular formula is C32H40F2N4O3Si2. The van der Waals surface area contributed by atoms with Crippen LogP contribution in [0.2, 0.25) is 51.4 Å². The van der Waals surface area contributed by atoms with E-state index >= 15 is 8.78 Å². The highest BCUT2D eigenvalue weighted by atomic mass is 28.3. The van der Waals surface area contributed by atoms with Crippen LogP contribution in [0.3, 0.4) is 0 Å². The number of rotatable bonds is 13. The van der Waals surface area contributed by atoms with Gasteiger partial charge in [0.05, 0.1) is 22.1 Å². The Morgan fingerprint density at radius 2 is 1.58 bits per heavy atom. The smallest absolute Gasteiger partial charge is 0.189 e. The minimum atomic E-state index is -1.26. The topological polar surface area (TPSA) is 74.2 Å². The first-order valence-corrected chi connectivity index (χ1v) is 22.0. The second kappa shape index (κ2) is 12.7. The van der Waals surface area contributed by atoms with E-state index in [2.05, 4.69) is 44.3 Å². The van der Waals surface area contributed by atoms with Gasteiger partial charge in [0.25, 0.3) is 0 Å². The Morgan fingerprint density at radius 3 is 2.30 bits per heavy atom. The van der Waals surface area contributed by atoms with Gasteiger partial charge in [-0.25, -0.2) is 18.4 Å². The lowest BCUT2D eigenvalue weighted by Gasteiger charge is -2.16. The summed E-state index contributed by atoms with van der Waals surface area (Å²) >= 11 is 0. The van der Waals surface area contributed by atoms with Gasteiger partial charge in [-0.15, -0.1) is 0 Å². The molecule has 2 heterocycles. The highest BCUT2D eigenvalue weighted by molar-refractivity contribution is 6.76. The Labute approximate surface area is 253 Å². The van der Waals surface area contributed by atoms with Gasteiger partial charge < -0.3 is 19.2 Å². The predicted molar refractivity (Wildman–Crippen MR) is 174 cm³/mol. The summed E-state index contributed by atoms with van der Waals surface area (Å²) in [6, 6.07) is 17.5. The van der Waals surface area contributed by atoms with E-state index < -0.39 is 27.8 Å². The Morgan fingerprint density at radius 1 is 0.860 bits per heavy atom. The van der Waals surface area contributed by atoms with Crippen molar-refractivity contribution in [1.82, 2.24) is 19.7 Å². The fourth-order valence-electron chi connectivity index (χ4n) is 4.65. The maximum Gasteiger partial charge on any atom is 0.189 e. The van der Waals surface area contributed by atoms with Crippen molar-refractivity contribution in [2.45, 2.75) is 58.1 Å². The first-order valence-electron chi connectivity index (χ1n) is 14.6. The van der Waals surface area contributed by atoms with Crippen molar-refractivity contribution in [3.63, 3.8) is 0 Å². The molecule has 0 saturated carbocycles. The van der Waals surface area contributed by atoms with E-state index in [1.165, 1.54) is 12.1 Å². The zero-order valence-corrected chi connectivity index (χ0v) is 27.8. The summed E-state index contributed by atoms with van der Waals surface area (Å²) in [5.41, 5.74) is 3.22. The molecule has 0 unspecified atom stereocenters. The Hall–Kier alpha value is -3.39. The minimum absolute atomic E-state index is 0.0616. The van der Waals surface area contributed by atoms with Crippen molar-refractivity contribution in [3.8, 4) is 28.4 Å². The number of ether oxygens (including phenoxy) is 3. The zero-order chi connectivity index (χ0) is 30.8. The number of benzene rings is 3. The third kappa shape index (κ3) is 7.58. The fourth-order valence-corrected chi connectivity index (χ4v) is 6.17.